The Kier molecular flexibility index (Phi) is 6.07. The molecule has 1 unspecified atom stereocenters. The highest BCUT2D eigenvalue weighted by Gasteiger charge is 2.42. The lowest BCUT2D eigenvalue weighted by Gasteiger charge is -2.46. The number of halogens is 1. The van der Waals surface area contributed by atoms with Crippen LogP contribution in [0, 0.1) is 3.57 Å². The Hall–Kier alpha value is -1.68. The Morgan fingerprint density at radius 1 is 1.30 bits per heavy atom. The van der Waals surface area contributed by atoms with Crippen LogP contribution >= 0.6 is 22.6 Å². The van der Waals surface area contributed by atoms with Crippen molar-refractivity contribution in [2.45, 2.75) is 63.7 Å². The van der Waals surface area contributed by atoms with Crippen LogP contribution in [-0.2, 0) is 9.47 Å². The number of rotatable bonds is 2. The van der Waals surface area contributed by atoms with Crippen molar-refractivity contribution in [3.8, 4) is 0 Å². The van der Waals surface area contributed by atoms with Crippen LogP contribution in [-0.4, -0.2) is 57.9 Å². The van der Waals surface area contributed by atoms with Crippen LogP contribution in [0.15, 0.2) is 24.5 Å². The maximum absolute atomic E-state index is 12.4. The molecule has 1 aromatic carbocycles. The molecule has 0 saturated carbocycles. The number of amides is 1. The highest BCUT2D eigenvalue weighted by Crippen LogP contribution is 2.37. The Morgan fingerprint density at radius 2 is 2.07 bits per heavy atom. The summed E-state index contributed by atoms with van der Waals surface area (Å²) in [6.07, 6.45) is 4.88. The second kappa shape index (κ2) is 8.45. The van der Waals surface area contributed by atoms with Gasteiger partial charge in [0, 0.05) is 34.7 Å². The Labute approximate surface area is 191 Å². The molecule has 7 nitrogen and oxygen atoms in total. The number of hydrogen-bond acceptors (Lipinski definition) is 6. The molecule has 1 atom stereocenters. The minimum absolute atomic E-state index is 0.189. The summed E-state index contributed by atoms with van der Waals surface area (Å²) in [5, 5.41) is 4.69. The van der Waals surface area contributed by atoms with Gasteiger partial charge in [-0.2, -0.15) is 0 Å². The van der Waals surface area contributed by atoms with E-state index < -0.39 is 5.60 Å². The van der Waals surface area contributed by atoms with E-state index in [4.69, 9.17) is 9.47 Å². The summed E-state index contributed by atoms with van der Waals surface area (Å²) < 4.78 is 12.9. The summed E-state index contributed by atoms with van der Waals surface area (Å²) in [6.45, 7) is 7.73. The maximum Gasteiger partial charge on any atom is 0.410 e. The third-order valence-corrected chi connectivity index (χ3v) is 6.43. The van der Waals surface area contributed by atoms with Crippen LogP contribution in [0.2, 0.25) is 0 Å². The zero-order chi connectivity index (χ0) is 21.4. The van der Waals surface area contributed by atoms with Crippen molar-refractivity contribution in [1.82, 2.24) is 14.9 Å². The molecule has 0 bridgehead atoms. The summed E-state index contributed by atoms with van der Waals surface area (Å²) in [7, 11) is 0. The van der Waals surface area contributed by atoms with Gasteiger partial charge in [-0.25, -0.2) is 14.8 Å². The van der Waals surface area contributed by atoms with E-state index in [-0.39, 0.29) is 17.7 Å². The topological polar surface area (TPSA) is 76.6 Å². The minimum Gasteiger partial charge on any atom is -0.444 e. The lowest BCUT2D eigenvalue weighted by atomic mass is 9.82. The molecule has 30 heavy (non-hydrogen) atoms. The summed E-state index contributed by atoms with van der Waals surface area (Å²) in [4.78, 5) is 23.1. The SMILES string of the molecule is CC(C)(C)OC(=O)N1CCC2(CC1)CC(Nc1ncnc3ccc(I)cc13)CCO2. The Morgan fingerprint density at radius 3 is 2.80 bits per heavy atom. The lowest BCUT2D eigenvalue weighted by molar-refractivity contribution is -0.113. The molecule has 0 aliphatic carbocycles. The van der Waals surface area contributed by atoms with Gasteiger partial charge in [0.2, 0.25) is 0 Å². The molecule has 2 aromatic rings. The second-order valence-electron chi connectivity index (χ2n) is 9.22. The highest BCUT2D eigenvalue weighted by molar-refractivity contribution is 14.1. The fraction of sp³-hybridized carbons (Fsp3) is 0.591. The van der Waals surface area contributed by atoms with Gasteiger partial charge in [0.05, 0.1) is 11.1 Å². The van der Waals surface area contributed by atoms with Crippen molar-refractivity contribution >= 4 is 45.4 Å². The zero-order valence-corrected chi connectivity index (χ0v) is 19.9. The first kappa shape index (κ1) is 21.5. The van der Waals surface area contributed by atoms with Crippen LogP contribution in [0.4, 0.5) is 10.6 Å². The Balaban J connectivity index is 1.41. The molecule has 4 rings (SSSR count). The number of benzene rings is 1. The first-order chi connectivity index (χ1) is 14.2. The quantitative estimate of drug-likeness (QED) is 0.580. The molecule has 2 aliphatic rings. The lowest BCUT2D eigenvalue weighted by Crippen LogP contribution is -2.53. The van der Waals surface area contributed by atoms with Gasteiger partial charge in [-0.1, -0.05) is 0 Å². The van der Waals surface area contributed by atoms with E-state index in [0.29, 0.717) is 19.7 Å². The molecule has 2 saturated heterocycles. The first-order valence-electron chi connectivity index (χ1n) is 10.5. The number of nitrogens with one attached hydrogen (secondary N) is 1. The fourth-order valence-corrected chi connectivity index (χ4v) is 4.75. The van der Waals surface area contributed by atoms with Crippen LogP contribution < -0.4 is 5.32 Å². The average molecular weight is 524 g/mol. The number of aromatic nitrogens is 2. The van der Waals surface area contributed by atoms with Gasteiger partial charge in [-0.15, -0.1) is 0 Å². The maximum atomic E-state index is 12.4. The van der Waals surface area contributed by atoms with Crippen LogP contribution in [0.1, 0.15) is 46.5 Å². The largest absolute Gasteiger partial charge is 0.444 e. The molecule has 2 aliphatic heterocycles. The van der Waals surface area contributed by atoms with Gasteiger partial charge in [0.15, 0.2) is 0 Å². The van der Waals surface area contributed by atoms with Gasteiger partial charge in [0.1, 0.15) is 17.7 Å². The van der Waals surface area contributed by atoms with Crippen LogP contribution in [0.25, 0.3) is 10.9 Å². The predicted octanol–water partition coefficient (Wildman–Crippen LogP) is 4.60. The normalized spacial score (nSPS) is 21.6. The fourth-order valence-electron chi connectivity index (χ4n) is 4.26. The standard InChI is InChI=1S/C22H29IN4O3/c1-21(2,3)30-20(28)27-9-7-22(8-10-27)13-16(6-11-29-22)26-19-17-12-15(23)4-5-18(17)24-14-25-19/h4-5,12,14,16H,6-11,13H2,1-3H3,(H,24,25,26). The number of nitrogens with zero attached hydrogens (tertiary/aromatic N) is 3. The third kappa shape index (κ3) is 4.96. The van der Waals surface area contributed by atoms with Crippen molar-refractivity contribution in [3.63, 3.8) is 0 Å². The highest BCUT2D eigenvalue weighted by atomic mass is 127. The van der Waals surface area contributed by atoms with E-state index in [1.54, 1.807) is 11.2 Å². The number of carbonyl (C=O) groups excluding carboxylic acids is 1. The summed E-state index contributed by atoms with van der Waals surface area (Å²) in [5.74, 6) is 0.881. The van der Waals surface area contributed by atoms with E-state index in [0.717, 1.165) is 46.0 Å². The third-order valence-electron chi connectivity index (χ3n) is 5.76. The Bertz CT molecular complexity index is 922. The van der Waals surface area contributed by atoms with Crippen molar-refractivity contribution < 1.29 is 14.3 Å². The molecule has 8 heteroatoms. The summed E-state index contributed by atoms with van der Waals surface area (Å²) in [6, 6.07) is 6.48. The molecule has 1 amide bonds. The molecular weight excluding hydrogens is 495 g/mol. The summed E-state index contributed by atoms with van der Waals surface area (Å²) >= 11 is 2.31. The van der Waals surface area contributed by atoms with Gasteiger partial charge < -0.3 is 19.7 Å². The van der Waals surface area contributed by atoms with E-state index in [1.807, 2.05) is 26.8 Å². The number of piperidine rings is 1. The number of hydrogen-bond donors (Lipinski definition) is 1. The second-order valence-corrected chi connectivity index (χ2v) is 10.5. The average Bonchev–Trinajstić information content (AvgIpc) is 2.68. The number of fused-ring (bicyclic) bond motifs is 1. The molecule has 1 aromatic heterocycles. The number of carbonyl (C=O) groups is 1. The van der Waals surface area contributed by atoms with E-state index in [1.165, 1.54) is 0 Å². The first-order valence-corrected chi connectivity index (χ1v) is 11.6. The zero-order valence-electron chi connectivity index (χ0n) is 17.8. The van der Waals surface area contributed by atoms with Gasteiger partial charge in [-0.05, 0) is 87.2 Å². The van der Waals surface area contributed by atoms with E-state index >= 15 is 0 Å². The number of likely N-dealkylation sites (tertiary alicyclic amines) is 1. The van der Waals surface area contributed by atoms with E-state index in [9.17, 15) is 4.79 Å². The number of anilines is 1. The molecule has 162 valence electrons. The van der Waals surface area contributed by atoms with E-state index in [2.05, 4.69) is 50.0 Å². The van der Waals surface area contributed by atoms with Crippen molar-refractivity contribution in [1.29, 1.82) is 0 Å². The minimum atomic E-state index is -0.472. The van der Waals surface area contributed by atoms with Crippen LogP contribution in [0.3, 0.4) is 0 Å². The van der Waals surface area contributed by atoms with Crippen molar-refractivity contribution in [2.75, 3.05) is 25.0 Å². The molecular formula is C22H29IN4O3. The smallest absolute Gasteiger partial charge is 0.410 e. The molecule has 1 N–H and O–H groups in total. The summed E-state index contributed by atoms with van der Waals surface area (Å²) in [5.41, 5.74) is 0.284. The van der Waals surface area contributed by atoms with Gasteiger partial charge in [-0.3, -0.25) is 0 Å². The van der Waals surface area contributed by atoms with Gasteiger partial charge in [0.25, 0.3) is 0 Å². The van der Waals surface area contributed by atoms with Crippen molar-refractivity contribution in [2.24, 2.45) is 0 Å². The van der Waals surface area contributed by atoms with Crippen molar-refractivity contribution in [3.05, 3.63) is 28.1 Å². The molecule has 1 spiro atoms. The monoisotopic (exact) mass is 524 g/mol. The molecule has 3 heterocycles. The predicted molar refractivity (Wildman–Crippen MR) is 125 cm³/mol. The van der Waals surface area contributed by atoms with Crippen LogP contribution in [0.5, 0.6) is 0 Å². The molecule has 2 fully saturated rings. The molecule has 0 radical (unpaired) electrons. The number of ether oxygens (including phenoxy) is 2. The van der Waals surface area contributed by atoms with Gasteiger partial charge >= 0.3 is 6.09 Å².